The molecule has 0 unspecified atom stereocenters. The zero-order valence-corrected chi connectivity index (χ0v) is 18.3. The van der Waals surface area contributed by atoms with Crippen LogP contribution in [0.2, 0.25) is 0 Å². The predicted molar refractivity (Wildman–Crippen MR) is 121 cm³/mol. The summed E-state index contributed by atoms with van der Waals surface area (Å²) < 4.78 is 12.7. The number of carbonyl (C=O) groups is 1. The van der Waals surface area contributed by atoms with Gasteiger partial charge in [0.2, 0.25) is 11.7 Å². The number of aryl methyl sites for hydroxylation is 1. The number of methoxy groups -OCH3 is 1. The van der Waals surface area contributed by atoms with E-state index < -0.39 is 0 Å². The molecular weight excluding hydrogens is 412 g/mol. The Balaban J connectivity index is 1.58. The number of anilines is 1. The summed E-state index contributed by atoms with van der Waals surface area (Å²) in [6.07, 6.45) is 1.59. The third-order valence-corrected chi connectivity index (χ3v) is 5.85. The Kier molecular flexibility index (Phi) is 6.08. The van der Waals surface area contributed by atoms with Crippen LogP contribution in [-0.2, 0) is 4.79 Å². The monoisotopic (exact) mass is 434 g/mol. The highest BCUT2D eigenvalue weighted by molar-refractivity contribution is 7.99. The van der Waals surface area contributed by atoms with Gasteiger partial charge in [0, 0.05) is 5.69 Å². The van der Waals surface area contributed by atoms with Crippen LogP contribution in [0.3, 0.4) is 0 Å². The van der Waals surface area contributed by atoms with Crippen molar-refractivity contribution in [3.63, 3.8) is 0 Å². The molecule has 0 saturated heterocycles. The molecule has 7 nitrogen and oxygen atoms in total. The van der Waals surface area contributed by atoms with Gasteiger partial charge in [0.05, 0.1) is 24.8 Å². The minimum absolute atomic E-state index is 0.109. The van der Waals surface area contributed by atoms with E-state index in [1.165, 1.54) is 11.8 Å². The summed E-state index contributed by atoms with van der Waals surface area (Å²) in [5.41, 5.74) is 3.85. The quantitative estimate of drug-likeness (QED) is 0.417. The van der Waals surface area contributed by atoms with Gasteiger partial charge in [0.1, 0.15) is 5.75 Å². The van der Waals surface area contributed by atoms with Gasteiger partial charge in [-0.25, -0.2) is 0 Å². The number of nitrogens with one attached hydrogen (secondary N) is 1. The Labute approximate surface area is 184 Å². The lowest BCUT2D eigenvalue weighted by atomic mass is 10.1. The molecule has 31 heavy (non-hydrogen) atoms. The highest BCUT2D eigenvalue weighted by atomic mass is 32.2. The second kappa shape index (κ2) is 9.09. The zero-order chi connectivity index (χ0) is 21.8. The number of ether oxygens (including phenoxy) is 1. The van der Waals surface area contributed by atoms with Gasteiger partial charge in [-0.05, 0) is 67.4 Å². The highest BCUT2D eigenvalue weighted by Crippen LogP contribution is 2.29. The van der Waals surface area contributed by atoms with Crippen LogP contribution < -0.4 is 10.1 Å². The van der Waals surface area contributed by atoms with Crippen LogP contribution in [0.4, 0.5) is 5.69 Å². The van der Waals surface area contributed by atoms with Crippen molar-refractivity contribution in [3.05, 3.63) is 72.0 Å². The topological polar surface area (TPSA) is 82.2 Å². The second-order valence-corrected chi connectivity index (χ2v) is 7.84. The Hall–Kier alpha value is -3.52. The fourth-order valence-electron chi connectivity index (χ4n) is 3.10. The van der Waals surface area contributed by atoms with Crippen molar-refractivity contribution >= 4 is 23.4 Å². The summed E-state index contributed by atoms with van der Waals surface area (Å²) >= 11 is 1.31. The largest absolute Gasteiger partial charge is 0.497 e. The van der Waals surface area contributed by atoms with Crippen molar-refractivity contribution in [1.82, 2.24) is 14.8 Å². The first-order valence-electron chi connectivity index (χ1n) is 9.69. The van der Waals surface area contributed by atoms with Crippen molar-refractivity contribution in [3.8, 4) is 23.0 Å². The Bertz CT molecular complexity index is 1180. The maximum absolute atomic E-state index is 12.6. The second-order valence-electron chi connectivity index (χ2n) is 6.90. The smallest absolute Gasteiger partial charge is 0.234 e. The van der Waals surface area contributed by atoms with E-state index in [0.717, 1.165) is 28.3 Å². The van der Waals surface area contributed by atoms with Gasteiger partial charge in [0.25, 0.3) is 0 Å². The molecule has 0 aliphatic carbocycles. The maximum Gasteiger partial charge on any atom is 0.234 e. The van der Waals surface area contributed by atoms with Crippen LogP contribution in [0, 0.1) is 13.8 Å². The van der Waals surface area contributed by atoms with Gasteiger partial charge in [-0.15, -0.1) is 10.2 Å². The SMILES string of the molecule is COc1ccc(-n2c(SCC(=O)Nc3cccc(C)c3C)nnc2-c2ccco2)cc1. The van der Waals surface area contributed by atoms with Crippen molar-refractivity contribution in [2.75, 3.05) is 18.2 Å². The summed E-state index contributed by atoms with van der Waals surface area (Å²) in [7, 11) is 1.62. The Morgan fingerprint density at radius 1 is 1.10 bits per heavy atom. The van der Waals surface area contributed by atoms with E-state index in [9.17, 15) is 4.79 Å². The molecule has 0 bridgehead atoms. The van der Waals surface area contributed by atoms with Crippen LogP contribution >= 0.6 is 11.8 Å². The average molecular weight is 435 g/mol. The van der Waals surface area contributed by atoms with Crippen molar-refractivity contribution in [2.45, 2.75) is 19.0 Å². The molecule has 1 amide bonds. The Morgan fingerprint density at radius 2 is 1.90 bits per heavy atom. The number of hydrogen-bond donors (Lipinski definition) is 1. The standard InChI is InChI=1S/C23H22N4O3S/c1-15-6-4-7-19(16(15)2)24-21(28)14-31-23-26-25-22(20-8-5-13-30-20)27(23)17-9-11-18(29-3)12-10-17/h4-13H,14H2,1-3H3,(H,24,28). The number of furan rings is 1. The van der Waals surface area contributed by atoms with Crippen LogP contribution in [0.1, 0.15) is 11.1 Å². The molecule has 0 atom stereocenters. The van der Waals surface area contributed by atoms with Crippen LogP contribution in [0.25, 0.3) is 17.3 Å². The summed E-state index contributed by atoms with van der Waals surface area (Å²) in [6, 6.07) is 17.0. The molecule has 0 radical (unpaired) electrons. The molecule has 2 aromatic heterocycles. The predicted octanol–water partition coefficient (Wildman–Crippen LogP) is 4.88. The van der Waals surface area contributed by atoms with E-state index in [0.29, 0.717) is 16.7 Å². The molecule has 2 aromatic carbocycles. The first-order valence-corrected chi connectivity index (χ1v) is 10.7. The molecule has 0 aliphatic heterocycles. The van der Waals surface area contributed by atoms with Gasteiger partial charge in [-0.2, -0.15) is 0 Å². The minimum Gasteiger partial charge on any atom is -0.497 e. The van der Waals surface area contributed by atoms with Gasteiger partial charge in [-0.1, -0.05) is 23.9 Å². The summed E-state index contributed by atoms with van der Waals surface area (Å²) in [4.78, 5) is 12.6. The first-order chi connectivity index (χ1) is 15.1. The van der Waals surface area contributed by atoms with E-state index in [1.807, 2.05) is 66.9 Å². The van der Waals surface area contributed by atoms with Gasteiger partial charge in [0.15, 0.2) is 10.9 Å². The lowest BCUT2D eigenvalue weighted by molar-refractivity contribution is -0.113. The fraction of sp³-hybridized carbons (Fsp3) is 0.174. The Morgan fingerprint density at radius 3 is 2.61 bits per heavy atom. The number of benzene rings is 2. The number of rotatable bonds is 7. The number of aromatic nitrogens is 3. The number of amides is 1. The normalized spacial score (nSPS) is 10.8. The maximum atomic E-state index is 12.6. The molecule has 0 fully saturated rings. The lowest BCUT2D eigenvalue weighted by Crippen LogP contribution is -2.15. The van der Waals surface area contributed by atoms with Crippen molar-refractivity contribution in [2.24, 2.45) is 0 Å². The highest BCUT2D eigenvalue weighted by Gasteiger charge is 2.19. The third-order valence-electron chi connectivity index (χ3n) is 4.92. The molecule has 0 spiro atoms. The molecular formula is C23H22N4O3S. The fourth-order valence-corrected chi connectivity index (χ4v) is 3.85. The van der Waals surface area contributed by atoms with E-state index in [-0.39, 0.29) is 11.7 Å². The van der Waals surface area contributed by atoms with E-state index in [4.69, 9.17) is 9.15 Å². The van der Waals surface area contributed by atoms with Crippen LogP contribution in [-0.4, -0.2) is 33.5 Å². The number of thioether (sulfide) groups is 1. The first kappa shape index (κ1) is 20.7. The summed E-state index contributed by atoms with van der Waals surface area (Å²) in [5, 5.41) is 12.2. The summed E-state index contributed by atoms with van der Waals surface area (Å²) in [5.74, 6) is 1.99. The van der Waals surface area contributed by atoms with E-state index in [1.54, 1.807) is 19.4 Å². The molecule has 0 aliphatic rings. The van der Waals surface area contributed by atoms with E-state index in [2.05, 4.69) is 15.5 Å². The number of carbonyl (C=O) groups excluding carboxylic acids is 1. The molecule has 2 heterocycles. The van der Waals surface area contributed by atoms with E-state index >= 15 is 0 Å². The van der Waals surface area contributed by atoms with Gasteiger partial charge in [-0.3, -0.25) is 9.36 Å². The number of hydrogen-bond acceptors (Lipinski definition) is 6. The molecule has 4 rings (SSSR count). The molecule has 1 N–H and O–H groups in total. The van der Waals surface area contributed by atoms with Crippen molar-refractivity contribution < 1.29 is 13.9 Å². The molecule has 8 heteroatoms. The van der Waals surface area contributed by atoms with Crippen LogP contribution in [0.5, 0.6) is 5.75 Å². The average Bonchev–Trinajstić information content (AvgIpc) is 3.45. The third kappa shape index (κ3) is 4.49. The molecule has 158 valence electrons. The summed E-state index contributed by atoms with van der Waals surface area (Å²) in [6.45, 7) is 4.02. The minimum atomic E-state index is -0.109. The lowest BCUT2D eigenvalue weighted by Gasteiger charge is -2.11. The van der Waals surface area contributed by atoms with Crippen LogP contribution in [0.15, 0.2) is 70.4 Å². The molecule has 4 aromatic rings. The van der Waals surface area contributed by atoms with Gasteiger partial charge >= 0.3 is 0 Å². The zero-order valence-electron chi connectivity index (χ0n) is 17.5. The number of nitrogens with zero attached hydrogens (tertiary/aromatic N) is 3. The molecule has 0 saturated carbocycles. The van der Waals surface area contributed by atoms with Crippen molar-refractivity contribution in [1.29, 1.82) is 0 Å². The van der Waals surface area contributed by atoms with Gasteiger partial charge < -0.3 is 14.5 Å².